The van der Waals surface area contributed by atoms with E-state index >= 15 is 0 Å². The standard InChI is InChI=1S/C10H16O3/c1-2-3-7-13-10(11)9-6-4-5-8-12-9/h4-5,9H,2-3,6-8H2,1H3. The van der Waals surface area contributed by atoms with Gasteiger partial charge in [-0.05, 0) is 6.42 Å². The van der Waals surface area contributed by atoms with Crippen molar-refractivity contribution in [3.63, 3.8) is 0 Å². The number of hydrogen-bond donors (Lipinski definition) is 0. The molecule has 13 heavy (non-hydrogen) atoms. The summed E-state index contributed by atoms with van der Waals surface area (Å²) in [4.78, 5) is 11.3. The van der Waals surface area contributed by atoms with Gasteiger partial charge < -0.3 is 9.47 Å². The number of carbonyl (C=O) groups is 1. The Labute approximate surface area is 78.7 Å². The van der Waals surface area contributed by atoms with Gasteiger partial charge in [-0.1, -0.05) is 25.5 Å². The molecular weight excluding hydrogens is 168 g/mol. The van der Waals surface area contributed by atoms with Crippen molar-refractivity contribution >= 4 is 5.97 Å². The van der Waals surface area contributed by atoms with Gasteiger partial charge in [0.2, 0.25) is 0 Å². The van der Waals surface area contributed by atoms with Crippen LogP contribution in [-0.2, 0) is 14.3 Å². The molecule has 1 atom stereocenters. The Morgan fingerprint density at radius 3 is 3.08 bits per heavy atom. The molecule has 0 aromatic carbocycles. The van der Waals surface area contributed by atoms with Crippen molar-refractivity contribution in [2.45, 2.75) is 32.3 Å². The summed E-state index contributed by atoms with van der Waals surface area (Å²) in [7, 11) is 0. The molecule has 0 saturated carbocycles. The van der Waals surface area contributed by atoms with Crippen molar-refractivity contribution < 1.29 is 14.3 Å². The number of esters is 1. The van der Waals surface area contributed by atoms with Gasteiger partial charge in [0.25, 0.3) is 0 Å². The maximum atomic E-state index is 11.3. The summed E-state index contributed by atoms with van der Waals surface area (Å²) in [5.41, 5.74) is 0. The lowest BCUT2D eigenvalue weighted by atomic mass is 10.2. The fraction of sp³-hybridized carbons (Fsp3) is 0.700. The second-order valence-corrected chi connectivity index (χ2v) is 3.05. The summed E-state index contributed by atoms with van der Waals surface area (Å²) >= 11 is 0. The second-order valence-electron chi connectivity index (χ2n) is 3.05. The molecular formula is C10H16O3. The quantitative estimate of drug-likeness (QED) is 0.379. The summed E-state index contributed by atoms with van der Waals surface area (Å²) < 4.78 is 10.2. The van der Waals surface area contributed by atoms with Gasteiger partial charge in [-0.2, -0.15) is 0 Å². The summed E-state index contributed by atoms with van der Waals surface area (Å²) in [6.45, 7) is 3.10. The Morgan fingerprint density at radius 1 is 1.62 bits per heavy atom. The van der Waals surface area contributed by atoms with E-state index in [1.54, 1.807) is 0 Å². The lowest BCUT2D eigenvalue weighted by Crippen LogP contribution is -2.28. The normalized spacial score (nSPS) is 21.5. The summed E-state index contributed by atoms with van der Waals surface area (Å²) in [5, 5.41) is 0. The highest BCUT2D eigenvalue weighted by atomic mass is 16.6. The summed E-state index contributed by atoms with van der Waals surface area (Å²) in [5.74, 6) is -0.224. The van der Waals surface area contributed by atoms with Crippen LogP contribution < -0.4 is 0 Å². The first-order valence-electron chi connectivity index (χ1n) is 4.78. The third kappa shape index (κ3) is 3.59. The highest BCUT2D eigenvalue weighted by Crippen LogP contribution is 2.08. The first kappa shape index (κ1) is 10.3. The molecule has 3 heteroatoms. The Kier molecular flexibility index (Phi) is 4.54. The van der Waals surface area contributed by atoms with Gasteiger partial charge >= 0.3 is 5.97 Å². The van der Waals surface area contributed by atoms with Gasteiger partial charge in [0.05, 0.1) is 13.2 Å². The van der Waals surface area contributed by atoms with Crippen LogP contribution in [0.1, 0.15) is 26.2 Å². The van der Waals surface area contributed by atoms with Gasteiger partial charge in [-0.15, -0.1) is 0 Å². The average molecular weight is 184 g/mol. The maximum absolute atomic E-state index is 11.3. The molecule has 1 heterocycles. The van der Waals surface area contributed by atoms with Crippen LogP contribution in [0.5, 0.6) is 0 Å². The van der Waals surface area contributed by atoms with Crippen LogP contribution in [0.2, 0.25) is 0 Å². The predicted molar refractivity (Wildman–Crippen MR) is 49.4 cm³/mol. The third-order valence-electron chi connectivity index (χ3n) is 1.92. The lowest BCUT2D eigenvalue weighted by Gasteiger charge is -2.17. The molecule has 0 amide bonds. The van der Waals surface area contributed by atoms with Crippen molar-refractivity contribution in [2.24, 2.45) is 0 Å². The van der Waals surface area contributed by atoms with Crippen LogP contribution in [0.25, 0.3) is 0 Å². The molecule has 0 bridgehead atoms. The Bertz CT molecular complexity index is 187. The average Bonchev–Trinajstić information content (AvgIpc) is 2.19. The molecule has 1 aliphatic rings. The second kappa shape index (κ2) is 5.75. The molecule has 0 saturated heterocycles. The zero-order valence-corrected chi connectivity index (χ0v) is 7.99. The molecule has 1 unspecified atom stereocenters. The molecule has 0 N–H and O–H groups in total. The van der Waals surface area contributed by atoms with Crippen LogP contribution in [0.15, 0.2) is 12.2 Å². The van der Waals surface area contributed by atoms with E-state index in [0.29, 0.717) is 19.6 Å². The Balaban J connectivity index is 2.18. The number of rotatable bonds is 4. The van der Waals surface area contributed by atoms with E-state index < -0.39 is 0 Å². The Morgan fingerprint density at radius 2 is 2.46 bits per heavy atom. The molecule has 0 fully saturated rings. The highest BCUT2D eigenvalue weighted by Gasteiger charge is 2.20. The minimum absolute atomic E-state index is 0.224. The van der Waals surface area contributed by atoms with Crippen molar-refractivity contribution in [3.8, 4) is 0 Å². The maximum Gasteiger partial charge on any atom is 0.335 e. The van der Waals surface area contributed by atoms with Crippen molar-refractivity contribution in [2.75, 3.05) is 13.2 Å². The van der Waals surface area contributed by atoms with Gasteiger partial charge in [0.1, 0.15) is 0 Å². The van der Waals surface area contributed by atoms with Crippen LogP contribution in [-0.4, -0.2) is 25.3 Å². The van der Waals surface area contributed by atoms with Crippen LogP contribution in [0.3, 0.4) is 0 Å². The molecule has 0 radical (unpaired) electrons. The zero-order chi connectivity index (χ0) is 9.52. The zero-order valence-electron chi connectivity index (χ0n) is 7.99. The molecule has 1 rings (SSSR count). The van der Waals surface area contributed by atoms with Crippen LogP contribution >= 0.6 is 0 Å². The van der Waals surface area contributed by atoms with Crippen molar-refractivity contribution in [1.82, 2.24) is 0 Å². The van der Waals surface area contributed by atoms with Gasteiger partial charge in [0, 0.05) is 6.42 Å². The van der Waals surface area contributed by atoms with Crippen LogP contribution in [0.4, 0.5) is 0 Å². The van der Waals surface area contributed by atoms with Crippen molar-refractivity contribution in [3.05, 3.63) is 12.2 Å². The molecule has 3 nitrogen and oxygen atoms in total. The highest BCUT2D eigenvalue weighted by molar-refractivity contribution is 5.75. The lowest BCUT2D eigenvalue weighted by molar-refractivity contribution is -0.156. The molecule has 0 aromatic rings. The van der Waals surface area contributed by atoms with E-state index in [9.17, 15) is 4.79 Å². The van der Waals surface area contributed by atoms with Gasteiger partial charge in [-0.25, -0.2) is 4.79 Å². The number of ether oxygens (including phenoxy) is 2. The molecule has 0 aromatic heterocycles. The fourth-order valence-corrected chi connectivity index (χ4v) is 1.10. The number of carbonyl (C=O) groups excluding carboxylic acids is 1. The minimum atomic E-state index is -0.373. The van der Waals surface area contributed by atoms with Crippen LogP contribution in [0, 0.1) is 0 Å². The van der Waals surface area contributed by atoms with E-state index in [1.807, 2.05) is 12.2 Å². The van der Waals surface area contributed by atoms with Gasteiger partial charge in [-0.3, -0.25) is 0 Å². The third-order valence-corrected chi connectivity index (χ3v) is 1.92. The molecule has 74 valence electrons. The molecule has 1 aliphatic heterocycles. The fourth-order valence-electron chi connectivity index (χ4n) is 1.10. The largest absolute Gasteiger partial charge is 0.464 e. The first-order valence-corrected chi connectivity index (χ1v) is 4.78. The SMILES string of the molecule is CCCCOC(=O)C1CC=CCO1. The predicted octanol–water partition coefficient (Wildman–Crippen LogP) is 1.67. The topological polar surface area (TPSA) is 35.5 Å². The van der Waals surface area contributed by atoms with Gasteiger partial charge in [0.15, 0.2) is 6.10 Å². The van der Waals surface area contributed by atoms with Crippen molar-refractivity contribution in [1.29, 1.82) is 0 Å². The van der Waals surface area contributed by atoms with E-state index in [2.05, 4.69) is 6.92 Å². The first-order chi connectivity index (χ1) is 6.34. The van der Waals surface area contributed by atoms with E-state index in [0.717, 1.165) is 12.8 Å². The number of hydrogen-bond acceptors (Lipinski definition) is 3. The minimum Gasteiger partial charge on any atom is -0.464 e. The monoisotopic (exact) mass is 184 g/mol. The number of unbranched alkanes of at least 4 members (excludes halogenated alkanes) is 1. The van der Waals surface area contributed by atoms with E-state index in [4.69, 9.17) is 9.47 Å². The molecule has 0 spiro atoms. The Hall–Kier alpha value is -0.830. The van der Waals surface area contributed by atoms with E-state index in [-0.39, 0.29) is 12.1 Å². The summed E-state index contributed by atoms with van der Waals surface area (Å²) in [6, 6.07) is 0. The van der Waals surface area contributed by atoms with E-state index in [1.165, 1.54) is 0 Å². The smallest absolute Gasteiger partial charge is 0.335 e. The summed E-state index contributed by atoms with van der Waals surface area (Å²) in [6.07, 6.45) is 6.10. The molecule has 0 aliphatic carbocycles.